The van der Waals surface area contributed by atoms with Crippen LogP contribution in [0.15, 0.2) is 70.2 Å². The lowest BCUT2D eigenvalue weighted by molar-refractivity contribution is 0.509. The average molecular weight is 392 g/mol. The van der Waals surface area contributed by atoms with Gasteiger partial charge in [-0.3, -0.25) is 0 Å². The number of aryl methyl sites for hydroxylation is 1. The highest BCUT2D eigenvalue weighted by atomic mass is 32.2. The van der Waals surface area contributed by atoms with Crippen LogP contribution in [0.5, 0.6) is 0 Å². The first-order chi connectivity index (χ1) is 13.6. The molecule has 4 aromatic rings. The van der Waals surface area contributed by atoms with Gasteiger partial charge in [0.2, 0.25) is 11.8 Å². The second kappa shape index (κ2) is 7.90. The fraction of sp³-hybridized carbons (Fsp3) is 0.143. The second-order valence-corrected chi connectivity index (χ2v) is 7.56. The van der Waals surface area contributed by atoms with Gasteiger partial charge in [-0.1, -0.05) is 42.1 Å². The van der Waals surface area contributed by atoms with Crippen LogP contribution in [-0.2, 0) is 0 Å². The molecule has 0 saturated heterocycles. The summed E-state index contributed by atoms with van der Waals surface area (Å²) >= 11 is 1.45. The predicted molar refractivity (Wildman–Crippen MR) is 106 cm³/mol. The van der Waals surface area contributed by atoms with Crippen LogP contribution in [-0.4, -0.2) is 20.2 Å². The minimum absolute atomic E-state index is 0.132. The van der Waals surface area contributed by atoms with Gasteiger partial charge in [-0.2, -0.15) is 0 Å². The molecule has 2 aromatic carbocycles. The summed E-state index contributed by atoms with van der Waals surface area (Å²) in [7, 11) is 0. The van der Waals surface area contributed by atoms with Crippen LogP contribution in [0.4, 0.5) is 4.39 Å². The third-order valence-corrected chi connectivity index (χ3v) is 5.01. The predicted octanol–water partition coefficient (Wildman–Crippen LogP) is 5.49. The molecule has 0 amide bonds. The summed E-state index contributed by atoms with van der Waals surface area (Å²) in [5, 5.41) is 8.71. The highest BCUT2D eigenvalue weighted by Crippen LogP contribution is 2.34. The molecule has 0 saturated carbocycles. The molecule has 0 aliphatic carbocycles. The first kappa shape index (κ1) is 18.3. The van der Waals surface area contributed by atoms with E-state index in [4.69, 9.17) is 4.42 Å². The highest BCUT2D eigenvalue weighted by molar-refractivity contribution is 7.99. The summed E-state index contributed by atoms with van der Waals surface area (Å²) in [6.45, 7) is 3.91. The van der Waals surface area contributed by atoms with Crippen molar-refractivity contribution in [2.45, 2.75) is 24.3 Å². The van der Waals surface area contributed by atoms with E-state index in [1.807, 2.05) is 50.2 Å². The molecule has 1 atom stereocenters. The Bertz CT molecular complexity index is 1080. The monoisotopic (exact) mass is 392 g/mol. The van der Waals surface area contributed by atoms with Gasteiger partial charge in [0.15, 0.2) is 5.16 Å². The number of hydrogen-bond donors (Lipinski definition) is 0. The summed E-state index contributed by atoms with van der Waals surface area (Å²) in [5.41, 5.74) is 3.48. The van der Waals surface area contributed by atoms with Crippen LogP contribution in [0.2, 0.25) is 0 Å². The number of nitrogens with zero attached hydrogens (tertiary/aromatic N) is 4. The fourth-order valence-electron chi connectivity index (χ4n) is 2.67. The zero-order valence-electron chi connectivity index (χ0n) is 15.3. The van der Waals surface area contributed by atoms with Gasteiger partial charge in [0.05, 0.1) is 10.9 Å². The molecule has 0 radical (unpaired) electrons. The zero-order valence-corrected chi connectivity index (χ0v) is 16.2. The Morgan fingerprint density at radius 2 is 1.68 bits per heavy atom. The number of benzene rings is 2. The summed E-state index contributed by atoms with van der Waals surface area (Å²) in [4.78, 5) is 9.18. The third kappa shape index (κ3) is 4.09. The zero-order chi connectivity index (χ0) is 19.5. The smallest absolute Gasteiger partial charge is 0.247 e. The molecule has 4 rings (SSSR count). The van der Waals surface area contributed by atoms with Crippen molar-refractivity contribution in [1.82, 2.24) is 20.2 Å². The van der Waals surface area contributed by atoms with Crippen molar-refractivity contribution in [2.75, 3.05) is 0 Å². The van der Waals surface area contributed by atoms with Crippen molar-refractivity contribution >= 4 is 11.8 Å². The van der Waals surface area contributed by atoms with E-state index in [0.29, 0.717) is 22.5 Å². The normalized spacial score (nSPS) is 12.1. The Labute approximate surface area is 166 Å². The molecule has 7 heteroatoms. The minimum Gasteiger partial charge on any atom is -0.419 e. The Hall–Kier alpha value is -3.06. The lowest BCUT2D eigenvalue weighted by Crippen LogP contribution is -1.96. The molecule has 0 bridgehead atoms. The Morgan fingerprint density at radius 1 is 0.929 bits per heavy atom. The summed E-state index contributed by atoms with van der Waals surface area (Å²) in [6, 6.07) is 17.9. The maximum Gasteiger partial charge on any atom is 0.247 e. The van der Waals surface area contributed by atoms with Crippen molar-refractivity contribution < 1.29 is 8.81 Å². The molecule has 2 heterocycles. The topological polar surface area (TPSA) is 64.7 Å². The van der Waals surface area contributed by atoms with Crippen molar-refractivity contribution in [3.05, 3.63) is 78.1 Å². The molecular weight excluding hydrogens is 375 g/mol. The van der Waals surface area contributed by atoms with Gasteiger partial charge >= 0.3 is 0 Å². The number of thioether (sulfide) groups is 1. The van der Waals surface area contributed by atoms with Crippen LogP contribution in [0, 0.1) is 12.7 Å². The van der Waals surface area contributed by atoms with Crippen LogP contribution < -0.4 is 0 Å². The van der Waals surface area contributed by atoms with Gasteiger partial charge in [-0.25, -0.2) is 14.4 Å². The van der Waals surface area contributed by atoms with E-state index in [1.165, 1.54) is 23.9 Å². The Kier molecular flexibility index (Phi) is 5.16. The molecule has 0 unspecified atom stereocenters. The Morgan fingerprint density at radius 3 is 2.43 bits per heavy atom. The van der Waals surface area contributed by atoms with Crippen molar-refractivity contribution in [1.29, 1.82) is 0 Å². The van der Waals surface area contributed by atoms with E-state index in [0.717, 1.165) is 17.0 Å². The number of hydrogen-bond acceptors (Lipinski definition) is 6. The SMILES string of the molecule is Cc1cc(-c2ccccc2)nc(S[C@@H](C)c2nnc(-c3ccc(F)cc3)o2)n1. The van der Waals surface area contributed by atoms with E-state index >= 15 is 0 Å². The first-order valence-electron chi connectivity index (χ1n) is 8.75. The standard InChI is InChI=1S/C21H17FN4OS/c1-13-12-18(15-6-4-3-5-7-15)24-21(23-13)28-14(2)19-25-26-20(27-19)16-8-10-17(22)11-9-16/h3-12,14H,1-2H3/t14-/m0/s1. The van der Waals surface area contributed by atoms with Gasteiger partial charge < -0.3 is 4.42 Å². The first-order valence-corrected chi connectivity index (χ1v) is 9.63. The molecule has 28 heavy (non-hydrogen) atoms. The second-order valence-electron chi connectivity index (χ2n) is 6.26. The van der Waals surface area contributed by atoms with Gasteiger partial charge in [0, 0.05) is 16.8 Å². The molecule has 5 nitrogen and oxygen atoms in total. The summed E-state index contributed by atoms with van der Waals surface area (Å²) < 4.78 is 18.8. The van der Waals surface area contributed by atoms with Crippen LogP contribution in [0.25, 0.3) is 22.7 Å². The molecule has 2 aromatic heterocycles. The van der Waals surface area contributed by atoms with Crippen molar-refractivity contribution in [2.24, 2.45) is 0 Å². The molecule has 0 N–H and O–H groups in total. The van der Waals surface area contributed by atoms with Crippen LogP contribution in [0.3, 0.4) is 0 Å². The van der Waals surface area contributed by atoms with Crippen molar-refractivity contribution in [3.63, 3.8) is 0 Å². The quantitative estimate of drug-likeness (QED) is 0.330. The molecule has 0 aliphatic rings. The molecule has 0 fully saturated rings. The summed E-state index contributed by atoms with van der Waals surface area (Å²) in [5.74, 6) is 0.520. The number of aromatic nitrogens is 4. The fourth-order valence-corrected chi connectivity index (χ4v) is 3.53. The molecule has 0 aliphatic heterocycles. The molecule has 140 valence electrons. The van der Waals surface area contributed by atoms with Crippen LogP contribution >= 0.6 is 11.8 Å². The molecule has 0 spiro atoms. The van der Waals surface area contributed by atoms with E-state index in [9.17, 15) is 4.39 Å². The number of rotatable bonds is 5. The van der Waals surface area contributed by atoms with Gasteiger partial charge in [-0.15, -0.1) is 10.2 Å². The third-order valence-electron chi connectivity index (χ3n) is 4.07. The van der Waals surface area contributed by atoms with E-state index in [2.05, 4.69) is 20.2 Å². The van der Waals surface area contributed by atoms with E-state index in [1.54, 1.807) is 12.1 Å². The lowest BCUT2D eigenvalue weighted by atomic mass is 10.1. The lowest BCUT2D eigenvalue weighted by Gasteiger charge is -2.08. The van der Waals surface area contributed by atoms with Gasteiger partial charge in [-0.05, 0) is 44.2 Å². The average Bonchev–Trinajstić information content (AvgIpc) is 3.19. The van der Waals surface area contributed by atoms with Crippen molar-refractivity contribution in [3.8, 4) is 22.7 Å². The number of halogens is 1. The summed E-state index contributed by atoms with van der Waals surface area (Å²) in [6.07, 6.45) is 0. The maximum absolute atomic E-state index is 13.1. The van der Waals surface area contributed by atoms with Gasteiger partial charge in [0.1, 0.15) is 5.82 Å². The van der Waals surface area contributed by atoms with E-state index < -0.39 is 0 Å². The molecular formula is C21H17FN4OS. The Balaban J connectivity index is 1.55. The van der Waals surface area contributed by atoms with Crippen LogP contribution in [0.1, 0.15) is 23.8 Å². The minimum atomic E-state index is -0.307. The largest absolute Gasteiger partial charge is 0.419 e. The van der Waals surface area contributed by atoms with Gasteiger partial charge in [0.25, 0.3) is 0 Å². The highest BCUT2D eigenvalue weighted by Gasteiger charge is 2.18. The van der Waals surface area contributed by atoms with E-state index in [-0.39, 0.29) is 11.1 Å². The maximum atomic E-state index is 13.1.